The van der Waals surface area contributed by atoms with Crippen LogP contribution in [0.3, 0.4) is 0 Å². The second-order valence-corrected chi connectivity index (χ2v) is 6.14. The maximum absolute atomic E-state index is 11.4. The summed E-state index contributed by atoms with van der Waals surface area (Å²) >= 11 is 0. The van der Waals surface area contributed by atoms with E-state index in [1.165, 1.54) is 0 Å². The number of hydrogen-bond donors (Lipinski definition) is 5. The number of aliphatic hydroxyl groups is 3. The number of hydrazine groups is 1. The smallest absolute Gasteiger partial charge is 0.335 e. The van der Waals surface area contributed by atoms with Crippen molar-refractivity contribution in [3.8, 4) is 5.75 Å². The van der Waals surface area contributed by atoms with Gasteiger partial charge in [0.15, 0.2) is 6.10 Å². The van der Waals surface area contributed by atoms with E-state index < -0.39 is 36.7 Å². The number of nitrogens with one attached hydrogen (secondary N) is 1. The molecule has 2 saturated heterocycles. The van der Waals surface area contributed by atoms with Crippen LogP contribution in [0.2, 0.25) is 0 Å². The zero-order valence-corrected chi connectivity index (χ0v) is 13.7. The molecule has 1 aromatic carbocycles. The van der Waals surface area contributed by atoms with Gasteiger partial charge in [-0.25, -0.2) is 4.79 Å². The number of hydrogen-bond acceptors (Lipinski definition) is 8. The highest BCUT2D eigenvalue weighted by molar-refractivity contribution is 5.79. The Balaban J connectivity index is 1.68. The fraction of sp³-hybridized carbons (Fsp3) is 0.500. The number of amides is 1. The molecule has 0 unspecified atom stereocenters. The lowest BCUT2D eigenvalue weighted by atomic mass is 9.99. The van der Waals surface area contributed by atoms with E-state index in [4.69, 9.17) is 14.6 Å². The summed E-state index contributed by atoms with van der Waals surface area (Å²) in [7, 11) is 0. The molecule has 0 bridgehead atoms. The highest BCUT2D eigenvalue weighted by Crippen LogP contribution is 2.26. The summed E-state index contributed by atoms with van der Waals surface area (Å²) < 4.78 is 10.5. The summed E-state index contributed by atoms with van der Waals surface area (Å²) in [5.74, 6) is -1.29. The van der Waals surface area contributed by atoms with Crippen LogP contribution in [0.1, 0.15) is 12.8 Å². The van der Waals surface area contributed by atoms with Crippen molar-refractivity contribution in [1.82, 2.24) is 5.43 Å². The Morgan fingerprint density at radius 3 is 2.46 bits per heavy atom. The lowest BCUT2D eigenvalue weighted by Crippen LogP contribution is -2.61. The van der Waals surface area contributed by atoms with Crippen LogP contribution >= 0.6 is 0 Å². The number of carbonyl (C=O) groups excluding carboxylic acids is 1. The van der Waals surface area contributed by atoms with E-state index in [0.717, 1.165) is 12.1 Å². The monoisotopic (exact) mass is 368 g/mol. The second kappa shape index (κ2) is 7.46. The molecular formula is C16H20N2O8. The number of anilines is 1. The minimum absolute atomic E-state index is 0.0671. The molecule has 26 heavy (non-hydrogen) atoms. The Morgan fingerprint density at radius 1 is 1.15 bits per heavy atom. The number of carboxylic acids is 1. The topological polar surface area (TPSA) is 149 Å². The average molecular weight is 368 g/mol. The van der Waals surface area contributed by atoms with Crippen molar-refractivity contribution in [3.05, 3.63) is 24.3 Å². The van der Waals surface area contributed by atoms with Gasteiger partial charge in [-0.1, -0.05) is 0 Å². The Bertz CT molecular complexity index is 667. The number of benzene rings is 1. The molecule has 142 valence electrons. The van der Waals surface area contributed by atoms with Crippen LogP contribution in [-0.2, 0) is 14.3 Å². The largest absolute Gasteiger partial charge is 0.479 e. The summed E-state index contributed by atoms with van der Waals surface area (Å²) in [5.41, 5.74) is 3.46. The van der Waals surface area contributed by atoms with Crippen LogP contribution in [0.5, 0.6) is 5.75 Å². The lowest BCUT2D eigenvalue weighted by molar-refractivity contribution is -0.271. The first-order valence-electron chi connectivity index (χ1n) is 8.13. The normalized spacial score (nSPS) is 32.0. The molecule has 10 heteroatoms. The molecule has 2 heterocycles. The first-order chi connectivity index (χ1) is 12.4. The van der Waals surface area contributed by atoms with E-state index in [2.05, 4.69) is 5.43 Å². The maximum Gasteiger partial charge on any atom is 0.335 e. The molecule has 1 amide bonds. The van der Waals surface area contributed by atoms with Gasteiger partial charge in [0.25, 0.3) is 0 Å². The molecule has 3 rings (SSSR count). The average Bonchev–Trinajstić information content (AvgIpc) is 2.62. The third-order valence-corrected chi connectivity index (χ3v) is 4.26. The summed E-state index contributed by atoms with van der Waals surface area (Å²) in [6.45, 7) is 0.667. The van der Waals surface area contributed by atoms with Crippen molar-refractivity contribution in [2.24, 2.45) is 0 Å². The van der Waals surface area contributed by atoms with E-state index in [0.29, 0.717) is 13.0 Å². The number of carbonyl (C=O) groups is 2. The molecular weight excluding hydrogens is 348 g/mol. The van der Waals surface area contributed by atoms with Crippen LogP contribution in [0.4, 0.5) is 5.69 Å². The van der Waals surface area contributed by atoms with E-state index in [1.807, 2.05) is 0 Å². The van der Waals surface area contributed by atoms with Crippen molar-refractivity contribution in [2.45, 2.75) is 43.5 Å². The third-order valence-electron chi connectivity index (χ3n) is 4.26. The Hall–Kier alpha value is -2.40. The first-order valence-corrected chi connectivity index (χ1v) is 8.13. The van der Waals surface area contributed by atoms with Crippen molar-refractivity contribution < 1.29 is 39.5 Å². The van der Waals surface area contributed by atoms with E-state index in [9.17, 15) is 24.9 Å². The van der Waals surface area contributed by atoms with Gasteiger partial charge < -0.3 is 29.9 Å². The van der Waals surface area contributed by atoms with Gasteiger partial charge in [-0.2, -0.15) is 0 Å². The number of rotatable bonds is 4. The predicted molar refractivity (Wildman–Crippen MR) is 86.1 cm³/mol. The van der Waals surface area contributed by atoms with Gasteiger partial charge in [0.1, 0.15) is 24.1 Å². The number of ether oxygens (including phenoxy) is 2. The highest BCUT2D eigenvalue weighted by Gasteiger charge is 2.48. The minimum atomic E-state index is -1.77. The number of aliphatic hydroxyl groups excluding tert-OH is 3. The van der Waals surface area contributed by atoms with E-state index in [1.54, 1.807) is 29.3 Å². The van der Waals surface area contributed by atoms with Crippen LogP contribution in [0.15, 0.2) is 24.3 Å². The number of carboxylic acid groups (broad SMARTS) is 1. The summed E-state index contributed by atoms with van der Waals surface area (Å²) in [4.78, 5) is 22.5. The lowest BCUT2D eigenvalue weighted by Gasteiger charge is -2.38. The van der Waals surface area contributed by atoms with Crippen LogP contribution in [-0.4, -0.2) is 69.6 Å². The second-order valence-electron chi connectivity index (χ2n) is 6.14. The molecule has 10 nitrogen and oxygen atoms in total. The van der Waals surface area contributed by atoms with E-state index >= 15 is 0 Å². The highest BCUT2D eigenvalue weighted by atomic mass is 16.7. The van der Waals surface area contributed by atoms with Gasteiger partial charge >= 0.3 is 5.97 Å². The van der Waals surface area contributed by atoms with Crippen LogP contribution < -0.4 is 15.2 Å². The quantitative estimate of drug-likeness (QED) is 0.432. The van der Waals surface area contributed by atoms with Gasteiger partial charge in [-0.3, -0.25) is 15.2 Å². The minimum Gasteiger partial charge on any atom is -0.479 e. The third kappa shape index (κ3) is 3.73. The molecule has 1 aromatic rings. The van der Waals surface area contributed by atoms with Gasteiger partial charge in [0.05, 0.1) is 5.69 Å². The molecule has 5 atom stereocenters. The fourth-order valence-corrected chi connectivity index (χ4v) is 2.84. The van der Waals surface area contributed by atoms with Gasteiger partial charge in [-0.15, -0.1) is 0 Å². The van der Waals surface area contributed by atoms with Crippen molar-refractivity contribution in [3.63, 3.8) is 0 Å². The standard InChI is InChI=1S/C16H20N2O8/c19-10-2-1-7-18(17-10)8-3-5-9(6-4-8)25-16-13(22)11(20)12(21)14(26-16)15(23)24/h3-6,11-14,16,20-22H,1-2,7H2,(H,17,19)(H,23,24)/t11-,12-,13+,14-,16+/m1/s1. The predicted octanol–water partition coefficient (Wildman–Crippen LogP) is -1.41. The van der Waals surface area contributed by atoms with Crippen molar-refractivity contribution in [2.75, 3.05) is 11.6 Å². The molecule has 0 radical (unpaired) electrons. The summed E-state index contributed by atoms with van der Waals surface area (Å²) in [6, 6.07) is 6.46. The maximum atomic E-state index is 11.4. The molecule has 2 aliphatic heterocycles. The SMILES string of the molecule is O=C1CCCN(c2ccc(O[C@H]3O[C@@H](C(=O)O)[C@H](O)[C@@H](O)[C@@H]3O)cc2)N1. The molecule has 2 aliphatic rings. The summed E-state index contributed by atoms with van der Waals surface area (Å²) in [6.07, 6.45) is -7.08. The van der Waals surface area contributed by atoms with E-state index in [-0.39, 0.29) is 11.7 Å². The summed E-state index contributed by atoms with van der Waals surface area (Å²) in [5, 5.41) is 40.1. The Kier molecular flexibility index (Phi) is 5.28. The zero-order valence-electron chi connectivity index (χ0n) is 13.7. The molecule has 0 spiro atoms. The fourth-order valence-electron chi connectivity index (χ4n) is 2.84. The molecule has 5 N–H and O–H groups in total. The number of nitrogens with zero attached hydrogens (tertiary/aromatic N) is 1. The van der Waals surface area contributed by atoms with Crippen molar-refractivity contribution in [1.29, 1.82) is 0 Å². The van der Waals surface area contributed by atoms with Gasteiger partial charge in [0, 0.05) is 13.0 Å². The number of aliphatic carboxylic acids is 1. The molecule has 0 aromatic heterocycles. The van der Waals surface area contributed by atoms with Gasteiger partial charge in [-0.05, 0) is 30.7 Å². The Morgan fingerprint density at radius 2 is 1.85 bits per heavy atom. The van der Waals surface area contributed by atoms with Crippen LogP contribution in [0.25, 0.3) is 0 Å². The van der Waals surface area contributed by atoms with Crippen LogP contribution in [0, 0.1) is 0 Å². The Labute approximate surface area is 148 Å². The molecule has 0 aliphatic carbocycles. The molecule has 0 saturated carbocycles. The van der Waals surface area contributed by atoms with Gasteiger partial charge in [0.2, 0.25) is 12.2 Å². The molecule has 2 fully saturated rings. The van der Waals surface area contributed by atoms with Crippen molar-refractivity contribution >= 4 is 17.6 Å². The first kappa shape index (κ1) is 18.4. The zero-order chi connectivity index (χ0) is 18.8.